The Bertz CT molecular complexity index is 1190. The highest BCUT2D eigenvalue weighted by molar-refractivity contribution is 7.94. The second kappa shape index (κ2) is 7.09. The highest BCUT2D eigenvalue weighted by Crippen LogP contribution is 2.32. The molecule has 0 saturated heterocycles. The minimum Gasteiger partial charge on any atom is -0.353 e. The van der Waals surface area contributed by atoms with Crippen molar-refractivity contribution < 1.29 is 8.42 Å². The van der Waals surface area contributed by atoms with Gasteiger partial charge in [-0.15, -0.1) is 0 Å². The molecule has 28 heavy (non-hydrogen) atoms. The fraction of sp³-hybridized carbons (Fsp3) is 0.0870. The third-order valence-corrected chi connectivity index (χ3v) is 6.05. The van der Waals surface area contributed by atoms with E-state index < -0.39 is 9.84 Å². The van der Waals surface area contributed by atoms with Crippen LogP contribution < -0.4 is 5.32 Å². The predicted molar refractivity (Wildman–Crippen MR) is 114 cm³/mol. The molecule has 140 valence electrons. The lowest BCUT2D eigenvalue weighted by Crippen LogP contribution is -2.07. The van der Waals surface area contributed by atoms with Crippen LogP contribution in [0.3, 0.4) is 0 Å². The van der Waals surface area contributed by atoms with E-state index in [1.165, 1.54) is 5.41 Å². The molecule has 1 heterocycles. The normalized spacial score (nSPS) is 16.2. The maximum atomic E-state index is 12.9. The Morgan fingerprint density at radius 2 is 1.54 bits per heavy atom. The van der Waals surface area contributed by atoms with Crippen LogP contribution in [0.2, 0.25) is 0 Å². The molecule has 0 aromatic heterocycles. The monoisotopic (exact) mass is 388 g/mol. The predicted octanol–water partition coefficient (Wildman–Crippen LogP) is 5.17. The number of aryl methyl sites for hydroxylation is 2. The van der Waals surface area contributed by atoms with Crippen molar-refractivity contribution in [1.82, 2.24) is 0 Å². The molecule has 1 aliphatic rings. The molecule has 0 radical (unpaired) electrons. The van der Waals surface area contributed by atoms with Crippen LogP contribution in [0.1, 0.15) is 16.7 Å². The molecule has 0 aliphatic carbocycles. The van der Waals surface area contributed by atoms with Gasteiger partial charge in [-0.05, 0) is 50.2 Å². The second-order valence-corrected chi connectivity index (χ2v) is 8.66. The highest BCUT2D eigenvalue weighted by atomic mass is 32.2. The number of benzene rings is 3. The summed E-state index contributed by atoms with van der Waals surface area (Å²) in [7, 11) is -3.61. The topological polar surface area (TPSA) is 58.5 Å². The molecular weight excluding hydrogens is 368 g/mol. The maximum Gasteiger partial charge on any atom is 0.201 e. The lowest BCUT2D eigenvalue weighted by atomic mass is 10.1. The van der Waals surface area contributed by atoms with Gasteiger partial charge in [0.1, 0.15) is 0 Å². The molecule has 4 rings (SSSR count). The van der Waals surface area contributed by atoms with Gasteiger partial charge in [0.15, 0.2) is 0 Å². The Labute approximate surface area is 165 Å². The van der Waals surface area contributed by atoms with Gasteiger partial charge < -0.3 is 5.32 Å². The number of rotatable bonds is 3. The average molecular weight is 388 g/mol. The van der Waals surface area contributed by atoms with Gasteiger partial charge in [0.25, 0.3) is 0 Å². The summed E-state index contributed by atoms with van der Waals surface area (Å²) < 4.78 is 25.8. The number of fused-ring (bicyclic) bond motifs is 1. The smallest absolute Gasteiger partial charge is 0.201 e. The molecule has 0 spiro atoms. The summed E-state index contributed by atoms with van der Waals surface area (Å²) in [6.45, 7) is 4.02. The van der Waals surface area contributed by atoms with Gasteiger partial charge in [-0.25, -0.2) is 13.4 Å². The number of nitrogens with zero attached hydrogens (tertiary/aromatic N) is 1. The van der Waals surface area contributed by atoms with Crippen molar-refractivity contribution in [3.05, 3.63) is 101 Å². The van der Waals surface area contributed by atoms with Gasteiger partial charge >= 0.3 is 0 Å². The summed E-state index contributed by atoms with van der Waals surface area (Å²) in [5.41, 5.74) is 5.87. The number of hydrogen-bond acceptors (Lipinski definition) is 4. The highest BCUT2D eigenvalue weighted by Gasteiger charge is 2.25. The summed E-state index contributed by atoms with van der Waals surface area (Å²) in [5, 5.41) is 4.49. The largest absolute Gasteiger partial charge is 0.353 e. The average Bonchev–Trinajstić information content (AvgIpc) is 3.00. The molecule has 3 aromatic rings. The van der Waals surface area contributed by atoms with Crippen LogP contribution in [0.25, 0.3) is 0 Å². The molecule has 0 saturated carbocycles. The van der Waals surface area contributed by atoms with Crippen LogP contribution in [-0.2, 0) is 9.84 Å². The first-order valence-corrected chi connectivity index (χ1v) is 10.5. The Kier molecular flexibility index (Phi) is 4.61. The van der Waals surface area contributed by atoms with E-state index in [0.29, 0.717) is 11.4 Å². The van der Waals surface area contributed by atoms with Crippen molar-refractivity contribution in [3.63, 3.8) is 0 Å². The summed E-state index contributed by atoms with van der Waals surface area (Å²) in [4.78, 5) is 5.02. The standard InChI is InChI=1S/C23H20N2O2S/c1-16-8-11-18(12-9-16)24-23-20-14-17(2)10-13-21(20)25-22(23)15-28(26,27)19-6-4-3-5-7-19/h3-15,25H,1-2H3/b22-15-,24-23+. The lowest BCUT2D eigenvalue weighted by molar-refractivity contribution is 0.604. The minimum absolute atomic E-state index is 0.256. The second-order valence-electron chi connectivity index (χ2n) is 6.86. The first-order valence-electron chi connectivity index (χ1n) is 8.98. The van der Waals surface area contributed by atoms with Crippen molar-refractivity contribution in [2.75, 3.05) is 5.32 Å². The molecule has 0 unspecified atom stereocenters. The SMILES string of the molecule is Cc1ccc(/N=C2/C(=C/S(=O)(=O)c3ccccc3)Nc3ccc(C)cc32)cc1. The summed E-state index contributed by atoms with van der Waals surface area (Å²) >= 11 is 0. The molecule has 4 nitrogen and oxygen atoms in total. The van der Waals surface area contributed by atoms with Crippen molar-refractivity contribution in [3.8, 4) is 0 Å². The fourth-order valence-electron chi connectivity index (χ4n) is 3.10. The van der Waals surface area contributed by atoms with Gasteiger partial charge in [-0.1, -0.05) is 47.5 Å². The van der Waals surface area contributed by atoms with Crippen LogP contribution in [0.4, 0.5) is 11.4 Å². The fourth-order valence-corrected chi connectivity index (χ4v) is 4.25. The van der Waals surface area contributed by atoms with Crippen LogP contribution in [-0.4, -0.2) is 14.1 Å². The van der Waals surface area contributed by atoms with E-state index in [2.05, 4.69) is 5.32 Å². The summed E-state index contributed by atoms with van der Waals surface area (Å²) in [6.07, 6.45) is 0. The van der Waals surface area contributed by atoms with E-state index in [1.807, 2.05) is 56.3 Å². The third-order valence-electron chi connectivity index (χ3n) is 4.57. The van der Waals surface area contributed by atoms with E-state index in [-0.39, 0.29) is 4.90 Å². The first kappa shape index (κ1) is 18.2. The number of nitrogens with one attached hydrogen (secondary N) is 1. The Morgan fingerprint density at radius 1 is 0.857 bits per heavy atom. The van der Waals surface area contributed by atoms with Crippen molar-refractivity contribution in [1.29, 1.82) is 0 Å². The zero-order valence-corrected chi connectivity index (χ0v) is 16.5. The van der Waals surface area contributed by atoms with E-state index in [4.69, 9.17) is 4.99 Å². The number of aliphatic imine (C=N–C) groups is 1. The minimum atomic E-state index is -3.61. The molecule has 5 heteroatoms. The van der Waals surface area contributed by atoms with Crippen LogP contribution >= 0.6 is 0 Å². The molecule has 3 aromatic carbocycles. The maximum absolute atomic E-state index is 12.9. The van der Waals surface area contributed by atoms with Gasteiger partial charge in [-0.3, -0.25) is 0 Å². The van der Waals surface area contributed by atoms with Crippen LogP contribution in [0.5, 0.6) is 0 Å². The third kappa shape index (κ3) is 3.62. The summed E-state index contributed by atoms with van der Waals surface area (Å²) in [6, 6.07) is 22.2. The molecule has 0 fully saturated rings. The van der Waals surface area contributed by atoms with E-state index >= 15 is 0 Å². The quantitative estimate of drug-likeness (QED) is 0.674. The van der Waals surface area contributed by atoms with Crippen molar-refractivity contribution >= 4 is 26.9 Å². The van der Waals surface area contributed by atoms with Gasteiger partial charge in [0.2, 0.25) is 9.84 Å². The van der Waals surface area contributed by atoms with E-state index in [9.17, 15) is 8.42 Å². The van der Waals surface area contributed by atoms with E-state index in [0.717, 1.165) is 28.1 Å². The molecule has 1 aliphatic heterocycles. The Morgan fingerprint density at radius 3 is 2.25 bits per heavy atom. The molecule has 0 amide bonds. The Hall–Kier alpha value is -3.18. The first-order chi connectivity index (χ1) is 13.4. The van der Waals surface area contributed by atoms with Gasteiger partial charge in [0, 0.05) is 11.3 Å². The molecule has 0 atom stereocenters. The number of sulfone groups is 1. The molecule has 1 N–H and O–H groups in total. The number of allylic oxidation sites excluding steroid dienone is 1. The van der Waals surface area contributed by atoms with Crippen LogP contribution in [0.15, 0.2) is 93.8 Å². The zero-order chi connectivity index (χ0) is 19.7. The molecular formula is C23H20N2O2S. The summed E-state index contributed by atoms with van der Waals surface area (Å²) in [5.74, 6) is 0. The lowest BCUT2D eigenvalue weighted by Gasteiger charge is -2.04. The number of anilines is 1. The zero-order valence-electron chi connectivity index (χ0n) is 15.7. The van der Waals surface area contributed by atoms with Gasteiger partial charge in [-0.2, -0.15) is 0 Å². The van der Waals surface area contributed by atoms with Crippen molar-refractivity contribution in [2.24, 2.45) is 4.99 Å². The van der Waals surface area contributed by atoms with Crippen LogP contribution in [0, 0.1) is 13.8 Å². The van der Waals surface area contributed by atoms with Gasteiger partial charge in [0.05, 0.1) is 27.4 Å². The Balaban J connectivity index is 1.85. The van der Waals surface area contributed by atoms with Crippen molar-refractivity contribution in [2.45, 2.75) is 18.7 Å². The number of hydrogen-bond donors (Lipinski definition) is 1. The molecule has 0 bridgehead atoms. The van der Waals surface area contributed by atoms with E-state index in [1.54, 1.807) is 30.3 Å².